The number of para-hydroxylation sites is 2. The van der Waals surface area contributed by atoms with Crippen LogP contribution in [0.5, 0.6) is 0 Å². The molecule has 2 aromatic rings. The van der Waals surface area contributed by atoms with E-state index < -0.39 is 0 Å². The second-order valence-electron chi connectivity index (χ2n) is 7.40. The number of H-pyrrole nitrogens is 1. The van der Waals surface area contributed by atoms with Crippen LogP contribution in [0.25, 0.3) is 11.0 Å². The van der Waals surface area contributed by atoms with Crippen molar-refractivity contribution in [3.8, 4) is 0 Å². The third-order valence-electron chi connectivity index (χ3n) is 6.18. The fourth-order valence-electron chi connectivity index (χ4n) is 4.82. The van der Waals surface area contributed by atoms with E-state index in [4.69, 9.17) is 0 Å². The molecule has 1 N–H and O–H groups in total. The molecule has 1 aliphatic carbocycles. The summed E-state index contributed by atoms with van der Waals surface area (Å²) < 4.78 is 1.98. The van der Waals surface area contributed by atoms with Gasteiger partial charge in [-0.3, -0.25) is 9.47 Å². The lowest BCUT2D eigenvalue weighted by molar-refractivity contribution is 0.0572. The molecule has 0 atom stereocenters. The summed E-state index contributed by atoms with van der Waals surface area (Å²) in [6.45, 7) is 6.27. The van der Waals surface area contributed by atoms with E-state index in [-0.39, 0.29) is 11.2 Å². The Morgan fingerprint density at radius 3 is 2.54 bits per heavy atom. The van der Waals surface area contributed by atoms with Gasteiger partial charge in [0.2, 0.25) is 0 Å². The molecule has 0 bridgehead atoms. The number of benzene rings is 1. The van der Waals surface area contributed by atoms with Crippen LogP contribution in [0.1, 0.15) is 51.0 Å². The van der Waals surface area contributed by atoms with Gasteiger partial charge in [-0.1, -0.05) is 37.5 Å². The van der Waals surface area contributed by atoms with Crippen LogP contribution in [-0.2, 0) is 0 Å². The molecule has 1 saturated carbocycles. The second kappa shape index (κ2) is 6.25. The Morgan fingerprint density at radius 1 is 1.12 bits per heavy atom. The predicted molar refractivity (Wildman–Crippen MR) is 98.4 cm³/mol. The molecule has 24 heavy (non-hydrogen) atoms. The maximum absolute atomic E-state index is 12.4. The minimum atomic E-state index is 0.0331. The largest absolute Gasteiger partial charge is 0.326 e. The molecule has 0 radical (unpaired) electrons. The number of fused-ring (bicyclic) bond motifs is 1. The first-order valence-corrected chi connectivity index (χ1v) is 9.31. The highest BCUT2D eigenvalue weighted by Crippen LogP contribution is 2.38. The fourth-order valence-corrected chi connectivity index (χ4v) is 4.82. The van der Waals surface area contributed by atoms with Crippen molar-refractivity contribution in [3.05, 3.63) is 47.4 Å². The molecule has 2 aliphatic rings. The lowest BCUT2D eigenvalue weighted by Crippen LogP contribution is -2.52. The van der Waals surface area contributed by atoms with Crippen LogP contribution in [0, 0.1) is 0 Å². The van der Waals surface area contributed by atoms with E-state index >= 15 is 0 Å². The molecule has 0 amide bonds. The minimum Gasteiger partial charge on any atom is -0.306 e. The minimum absolute atomic E-state index is 0.0331. The lowest BCUT2D eigenvalue weighted by atomic mass is 9.79. The van der Waals surface area contributed by atoms with Crippen LogP contribution >= 0.6 is 0 Å². The smallest absolute Gasteiger partial charge is 0.306 e. The summed E-state index contributed by atoms with van der Waals surface area (Å²) in [6, 6.07) is 8.32. The van der Waals surface area contributed by atoms with Gasteiger partial charge < -0.3 is 4.98 Å². The van der Waals surface area contributed by atoms with Gasteiger partial charge in [0, 0.05) is 24.7 Å². The summed E-state index contributed by atoms with van der Waals surface area (Å²) >= 11 is 0. The molecule has 4 nitrogen and oxygen atoms in total. The summed E-state index contributed by atoms with van der Waals surface area (Å²) in [5.74, 6) is 0. The van der Waals surface area contributed by atoms with Crippen molar-refractivity contribution >= 4 is 11.0 Å². The van der Waals surface area contributed by atoms with Crippen molar-refractivity contribution in [2.45, 2.75) is 56.5 Å². The van der Waals surface area contributed by atoms with Gasteiger partial charge in [0.1, 0.15) is 0 Å². The van der Waals surface area contributed by atoms with Crippen molar-refractivity contribution in [1.29, 1.82) is 0 Å². The Morgan fingerprint density at radius 2 is 1.83 bits per heavy atom. The molecular weight excluding hydrogens is 298 g/mol. The molecule has 0 spiro atoms. The van der Waals surface area contributed by atoms with Gasteiger partial charge in [0.15, 0.2) is 0 Å². The third kappa shape index (κ3) is 2.53. The molecule has 0 unspecified atom stereocenters. The summed E-state index contributed by atoms with van der Waals surface area (Å²) in [6.07, 6.45) is 10.7. The van der Waals surface area contributed by atoms with E-state index in [9.17, 15) is 4.79 Å². The molecule has 1 aromatic heterocycles. The van der Waals surface area contributed by atoms with Crippen LogP contribution in [-0.4, -0.2) is 33.1 Å². The first-order valence-electron chi connectivity index (χ1n) is 9.31. The van der Waals surface area contributed by atoms with Gasteiger partial charge in [-0.05, 0) is 37.8 Å². The van der Waals surface area contributed by atoms with Crippen LogP contribution < -0.4 is 5.69 Å². The normalized spacial score (nSPS) is 22.7. The Bertz CT molecular complexity index is 774. The zero-order chi connectivity index (χ0) is 16.6. The van der Waals surface area contributed by atoms with Crippen molar-refractivity contribution < 1.29 is 0 Å². The van der Waals surface area contributed by atoms with E-state index in [0.717, 1.165) is 37.0 Å². The highest BCUT2D eigenvalue weighted by Gasteiger charge is 2.37. The number of hydrogen-bond acceptors (Lipinski definition) is 2. The van der Waals surface area contributed by atoms with Gasteiger partial charge in [-0.2, -0.15) is 0 Å². The lowest BCUT2D eigenvalue weighted by Gasteiger charge is -2.47. The summed E-state index contributed by atoms with van der Waals surface area (Å²) in [7, 11) is 0. The summed E-state index contributed by atoms with van der Waals surface area (Å²) in [4.78, 5) is 18.0. The molecule has 1 saturated heterocycles. The molecule has 128 valence electrons. The highest BCUT2D eigenvalue weighted by molar-refractivity contribution is 5.75. The molecule has 2 fully saturated rings. The number of aromatic nitrogens is 2. The zero-order valence-electron chi connectivity index (χ0n) is 14.3. The van der Waals surface area contributed by atoms with E-state index in [1.807, 2.05) is 28.8 Å². The van der Waals surface area contributed by atoms with Crippen molar-refractivity contribution in [1.82, 2.24) is 14.5 Å². The van der Waals surface area contributed by atoms with Crippen LogP contribution in [0.2, 0.25) is 0 Å². The quantitative estimate of drug-likeness (QED) is 0.871. The number of piperidine rings is 1. The standard InChI is InChI=1S/C20H27N3O/c1-2-20(12-6-3-7-13-20)22-14-10-16(11-15-22)23-18-9-5-4-8-17(18)21-19(23)24/h2,4-5,8-9,16H,1,3,6-7,10-15H2,(H,21,24). The molecule has 4 heteroatoms. The number of nitrogens with zero attached hydrogens (tertiary/aromatic N) is 2. The van der Waals surface area contributed by atoms with Crippen molar-refractivity contribution in [2.75, 3.05) is 13.1 Å². The molecule has 2 heterocycles. The van der Waals surface area contributed by atoms with Gasteiger partial charge in [0.05, 0.1) is 11.0 Å². The van der Waals surface area contributed by atoms with Crippen molar-refractivity contribution in [2.24, 2.45) is 0 Å². The average Bonchev–Trinajstić information content (AvgIpc) is 2.98. The highest BCUT2D eigenvalue weighted by atomic mass is 16.1. The third-order valence-corrected chi connectivity index (χ3v) is 6.18. The molecular formula is C20H27N3O. The molecule has 1 aliphatic heterocycles. The fraction of sp³-hybridized carbons (Fsp3) is 0.550. The number of rotatable bonds is 3. The predicted octanol–water partition coefficient (Wildman–Crippen LogP) is 3.86. The Kier molecular flexibility index (Phi) is 4.09. The SMILES string of the molecule is C=CC1(N2CCC(n3c(=O)[nH]c4ccccc43)CC2)CCCCC1. The second-order valence-corrected chi connectivity index (χ2v) is 7.40. The summed E-state index contributed by atoms with van der Waals surface area (Å²) in [5.41, 5.74) is 2.22. The van der Waals surface area contributed by atoms with Gasteiger partial charge in [-0.25, -0.2) is 4.79 Å². The zero-order valence-corrected chi connectivity index (χ0v) is 14.3. The Labute approximate surface area is 143 Å². The number of aromatic amines is 1. The van der Waals surface area contributed by atoms with Crippen molar-refractivity contribution in [3.63, 3.8) is 0 Å². The number of hydrogen-bond donors (Lipinski definition) is 1. The number of imidazole rings is 1. The maximum Gasteiger partial charge on any atom is 0.326 e. The Hall–Kier alpha value is -1.81. The average molecular weight is 325 g/mol. The van der Waals surface area contributed by atoms with Crippen LogP contribution in [0.15, 0.2) is 41.7 Å². The van der Waals surface area contributed by atoms with Gasteiger partial charge in [0.25, 0.3) is 0 Å². The molecule has 4 rings (SSSR count). The van der Waals surface area contributed by atoms with E-state index in [1.165, 1.54) is 32.1 Å². The summed E-state index contributed by atoms with van der Waals surface area (Å²) in [5, 5.41) is 0. The maximum atomic E-state index is 12.4. The number of nitrogens with one attached hydrogen (secondary N) is 1. The monoisotopic (exact) mass is 325 g/mol. The van der Waals surface area contributed by atoms with Gasteiger partial charge >= 0.3 is 5.69 Å². The van der Waals surface area contributed by atoms with Gasteiger partial charge in [-0.15, -0.1) is 6.58 Å². The van der Waals surface area contributed by atoms with E-state index in [0.29, 0.717) is 6.04 Å². The number of likely N-dealkylation sites (tertiary alicyclic amines) is 1. The first-order chi connectivity index (χ1) is 11.7. The molecule has 1 aromatic carbocycles. The van der Waals surface area contributed by atoms with E-state index in [2.05, 4.69) is 22.5 Å². The van der Waals surface area contributed by atoms with Crippen LogP contribution in [0.3, 0.4) is 0 Å². The first kappa shape index (κ1) is 15.7. The topological polar surface area (TPSA) is 41.0 Å². The van der Waals surface area contributed by atoms with E-state index in [1.54, 1.807) is 0 Å². The Balaban J connectivity index is 1.54. The van der Waals surface area contributed by atoms with Crippen LogP contribution in [0.4, 0.5) is 0 Å².